The fourth-order valence-corrected chi connectivity index (χ4v) is 5.01. The van der Waals surface area contributed by atoms with Crippen LogP contribution in [0.5, 0.6) is 0 Å². The number of anilines is 1. The van der Waals surface area contributed by atoms with Gasteiger partial charge in [-0.3, -0.25) is 4.79 Å². The van der Waals surface area contributed by atoms with Gasteiger partial charge in [-0.25, -0.2) is 4.79 Å². The lowest BCUT2D eigenvalue weighted by Gasteiger charge is -2.18. The highest BCUT2D eigenvalue weighted by molar-refractivity contribution is 7.92. The quantitative estimate of drug-likeness (QED) is 0.589. The van der Waals surface area contributed by atoms with E-state index < -0.39 is 16.0 Å². The average Bonchev–Trinajstić information content (AvgIpc) is 3.33. The summed E-state index contributed by atoms with van der Waals surface area (Å²) in [5, 5.41) is 4.65. The summed E-state index contributed by atoms with van der Waals surface area (Å²) in [5.41, 5.74) is 2.04. The van der Waals surface area contributed by atoms with Crippen molar-refractivity contribution < 1.29 is 22.7 Å². The molecule has 0 unspecified atom stereocenters. The van der Waals surface area contributed by atoms with E-state index in [4.69, 9.17) is 0 Å². The Balaban J connectivity index is 1.74. The first-order valence-electron chi connectivity index (χ1n) is 9.09. The summed E-state index contributed by atoms with van der Waals surface area (Å²) in [6.45, 7) is 0. The van der Waals surface area contributed by atoms with Gasteiger partial charge >= 0.3 is 5.97 Å². The van der Waals surface area contributed by atoms with Crippen LogP contribution in [0.3, 0.4) is 0 Å². The van der Waals surface area contributed by atoms with Crippen molar-refractivity contribution in [2.75, 3.05) is 12.4 Å². The van der Waals surface area contributed by atoms with E-state index in [0.717, 1.165) is 11.3 Å². The van der Waals surface area contributed by atoms with E-state index in [2.05, 4.69) is 14.5 Å². The van der Waals surface area contributed by atoms with Crippen molar-refractivity contribution >= 4 is 44.5 Å². The summed E-state index contributed by atoms with van der Waals surface area (Å²) >= 11 is 1.07. The van der Waals surface area contributed by atoms with Crippen molar-refractivity contribution in [1.82, 2.24) is 0 Å². The maximum Gasteiger partial charge on any atom is 0.337 e. The van der Waals surface area contributed by atoms with Gasteiger partial charge in [0.05, 0.1) is 24.1 Å². The standard InChI is InChI=1S/C22H16N2O5S2/c1-29-22(26)14-8-10-15(11-9-14)23-19-13-18(16-5-2-3-6-17(16)21(19)25)24-31(27,28)20-7-4-12-30-20/h2-13,23H,1H3. The van der Waals surface area contributed by atoms with Gasteiger partial charge in [0.1, 0.15) is 4.21 Å². The van der Waals surface area contributed by atoms with Gasteiger partial charge in [0.2, 0.25) is 5.78 Å². The van der Waals surface area contributed by atoms with Crippen LogP contribution >= 0.6 is 11.3 Å². The third-order valence-electron chi connectivity index (χ3n) is 4.53. The number of fused-ring (bicyclic) bond motifs is 1. The van der Waals surface area contributed by atoms with Crippen molar-refractivity contribution in [2.45, 2.75) is 4.21 Å². The summed E-state index contributed by atoms with van der Waals surface area (Å²) in [6.07, 6.45) is 1.42. The summed E-state index contributed by atoms with van der Waals surface area (Å²) in [5.74, 6) is -0.762. The van der Waals surface area contributed by atoms with Gasteiger partial charge in [-0.1, -0.05) is 30.3 Å². The number of Topliss-reactive ketones (excluding diaryl/α,β-unsaturated/α-hetero) is 1. The SMILES string of the molecule is COC(=O)c1ccc(NC2=CC(=NS(=O)(=O)c3cccs3)c3ccccc3C2=O)cc1. The Morgan fingerprint density at radius 1 is 1.00 bits per heavy atom. The number of nitrogens with zero attached hydrogens (tertiary/aromatic N) is 1. The number of benzene rings is 2. The van der Waals surface area contributed by atoms with E-state index in [9.17, 15) is 18.0 Å². The second-order valence-electron chi connectivity index (χ2n) is 6.51. The van der Waals surface area contributed by atoms with Crippen molar-refractivity contribution in [1.29, 1.82) is 0 Å². The highest BCUT2D eigenvalue weighted by Crippen LogP contribution is 2.26. The molecule has 156 valence electrons. The predicted octanol–water partition coefficient (Wildman–Crippen LogP) is 3.91. The van der Waals surface area contributed by atoms with E-state index in [1.165, 1.54) is 19.3 Å². The van der Waals surface area contributed by atoms with Gasteiger partial charge in [0, 0.05) is 16.8 Å². The Morgan fingerprint density at radius 2 is 1.71 bits per heavy atom. The molecule has 7 nitrogen and oxygen atoms in total. The molecule has 1 aromatic heterocycles. The predicted molar refractivity (Wildman–Crippen MR) is 118 cm³/mol. The number of thiophene rings is 1. The first kappa shape index (κ1) is 20.7. The zero-order valence-corrected chi connectivity index (χ0v) is 17.9. The summed E-state index contributed by atoms with van der Waals surface area (Å²) < 4.78 is 34.2. The zero-order chi connectivity index (χ0) is 22.0. The second-order valence-corrected chi connectivity index (χ2v) is 9.29. The Hall–Kier alpha value is -3.56. The largest absolute Gasteiger partial charge is 0.465 e. The van der Waals surface area contributed by atoms with Crippen LogP contribution in [0.1, 0.15) is 26.3 Å². The first-order valence-corrected chi connectivity index (χ1v) is 11.4. The molecule has 1 heterocycles. The molecule has 0 saturated carbocycles. The fourth-order valence-electron chi connectivity index (χ4n) is 3.05. The number of ketones is 1. The minimum absolute atomic E-state index is 0.121. The monoisotopic (exact) mass is 452 g/mol. The lowest BCUT2D eigenvalue weighted by Crippen LogP contribution is -2.22. The number of carbonyl (C=O) groups is 2. The number of sulfonamides is 1. The van der Waals surface area contributed by atoms with Gasteiger partial charge < -0.3 is 10.1 Å². The van der Waals surface area contributed by atoms with Gasteiger partial charge in [0.25, 0.3) is 10.0 Å². The van der Waals surface area contributed by atoms with Crippen LogP contribution in [0.15, 0.2) is 86.4 Å². The number of methoxy groups -OCH3 is 1. The smallest absolute Gasteiger partial charge is 0.337 e. The molecule has 1 aliphatic rings. The van der Waals surface area contributed by atoms with E-state index >= 15 is 0 Å². The zero-order valence-electron chi connectivity index (χ0n) is 16.2. The summed E-state index contributed by atoms with van der Waals surface area (Å²) in [6, 6.07) is 16.2. The van der Waals surface area contributed by atoms with E-state index in [0.29, 0.717) is 22.4 Å². The Kier molecular flexibility index (Phi) is 5.53. The number of carbonyl (C=O) groups excluding carboxylic acids is 2. The van der Waals surface area contributed by atoms with Crippen LogP contribution < -0.4 is 5.32 Å². The molecular weight excluding hydrogens is 436 g/mol. The van der Waals surface area contributed by atoms with Crippen LogP contribution in [0.2, 0.25) is 0 Å². The van der Waals surface area contributed by atoms with Crippen LogP contribution in [-0.2, 0) is 14.8 Å². The molecular formula is C22H16N2O5S2. The summed E-state index contributed by atoms with van der Waals surface area (Å²) in [7, 11) is -2.63. The molecule has 0 bridgehead atoms. The molecule has 0 spiro atoms. The molecule has 0 atom stereocenters. The molecule has 31 heavy (non-hydrogen) atoms. The lowest BCUT2D eigenvalue weighted by molar-refractivity contribution is 0.0600. The molecule has 1 aliphatic carbocycles. The molecule has 9 heteroatoms. The van der Waals surface area contributed by atoms with Crippen LogP contribution in [0.25, 0.3) is 0 Å². The molecule has 1 N–H and O–H groups in total. The van der Waals surface area contributed by atoms with E-state index in [-0.39, 0.29) is 21.4 Å². The van der Waals surface area contributed by atoms with Gasteiger partial charge in [-0.05, 0) is 41.8 Å². The third kappa shape index (κ3) is 4.18. The van der Waals surface area contributed by atoms with Crippen LogP contribution in [0, 0.1) is 0 Å². The first-order chi connectivity index (χ1) is 14.9. The number of ether oxygens (including phenoxy) is 1. The highest BCUT2D eigenvalue weighted by Gasteiger charge is 2.26. The number of rotatable bonds is 5. The topological polar surface area (TPSA) is 102 Å². The third-order valence-corrected chi connectivity index (χ3v) is 7.19. The fraction of sp³-hybridized carbons (Fsp3) is 0.0455. The van der Waals surface area contributed by atoms with Crippen molar-refractivity contribution in [3.05, 3.63) is 94.5 Å². The number of nitrogens with one attached hydrogen (secondary N) is 1. The van der Waals surface area contributed by atoms with Crippen LogP contribution in [-0.4, -0.2) is 33.0 Å². The van der Waals surface area contributed by atoms with Gasteiger partial charge in [-0.15, -0.1) is 11.3 Å². The van der Waals surface area contributed by atoms with Crippen molar-refractivity contribution in [3.63, 3.8) is 0 Å². The van der Waals surface area contributed by atoms with E-state index in [1.807, 2.05) is 0 Å². The molecule has 0 amide bonds. The molecule has 4 rings (SSSR count). The normalized spacial score (nSPS) is 14.7. The van der Waals surface area contributed by atoms with Crippen molar-refractivity contribution in [2.24, 2.45) is 4.40 Å². The number of allylic oxidation sites excluding steroid dienone is 2. The summed E-state index contributed by atoms with van der Waals surface area (Å²) in [4.78, 5) is 24.6. The number of hydrogen-bond acceptors (Lipinski definition) is 7. The highest BCUT2D eigenvalue weighted by atomic mass is 32.2. The molecule has 0 aliphatic heterocycles. The molecule has 2 aromatic carbocycles. The van der Waals surface area contributed by atoms with Gasteiger partial charge in [0.15, 0.2) is 0 Å². The molecule has 3 aromatic rings. The second kappa shape index (κ2) is 8.29. The van der Waals surface area contributed by atoms with Gasteiger partial charge in [-0.2, -0.15) is 12.8 Å². The lowest BCUT2D eigenvalue weighted by atomic mass is 9.92. The maximum absolute atomic E-state index is 13.0. The maximum atomic E-state index is 13.0. The minimum atomic E-state index is -3.92. The average molecular weight is 453 g/mol. The molecule has 0 fully saturated rings. The Labute approximate surface area is 182 Å². The minimum Gasteiger partial charge on any atom is -0.465 e. The Morgan fingerprint density at radius 3 is 2.35 bits per heavy atom. The number of esters is 1. The number of hydrogen-bond donors (Lipinski definition) is 1. The Bertz CT molecular complexity index is 1320. The van der Waals surface area contributed by atoms with Crippen LogP contribution in [0.4, 0.5) is 5.69 Å². The molecule has 0 saturated heterocycles. The van der Waals surface area contributed by atoms with E-state index in [1.54, 1.807) is 60.0 Å². The molecule has 0 radical (unpaired) electrons. The van der Waals surface area contributed by atoms with Crippen molar-refractivity contribution in [3.8, 4) is 0 Å².